The molecule has 0 fully saturated rings. The standard InChI is InChI=1S/C28H36N2O4/c1-3-29(23-11-7-5-8-12-23)19-25(31)21-33-27-15-17-28(18-16-27)34-22-26(32)20-30(4-2)24-13-9-6-10-14-24/h5-18,25-26,31-32H,3-4,19-22H2,1-2H3/t25-,26+. The van der Waals surface area contributed by atoms with Crippen LogP contribution in [0, 0.1) is 0 Å². The van der Waals surface area contributed by atoms with Crippen molar-refractivity contribution in [2.75, 3.05) is 49.2 Å². The molecule has 0 aliphatic rings. The summed E-state index contributed by atoms with van der Waals surface area (Å²) in [7, 11) is 0. The molecule has 34 heavy (non-hydrogen) atoms. The predicted molar refractivity (Wildman–Crippen MR) is 138 cm³/mol. The van der Waals surface area contributed by atoms with Gasteiger partial charge in [0, 0.05) is 37.6 Å². The van der Waals surface area contributed by atoms with E-state index in [0.29, 0.717) is 24.6 Å². The molecule has 0 bridgehead atoms. The van der Waals surface area contributed by atoms with E-state index >= 15 is 0 Å². The van der Waals surface area contributed by atoms with Crippen LogP contribution in [0.4, 0.5) is 11.4 Å². The van der Waals surface area contributed by atoms with Crippen molar-refractivity contribution in [1.29, 1.82) is 0 Å². The predicted octanol–water partition coefficient (Wildman–Crippen LogP) is 4.22. The van der Waals surface area contributed by atoms with Gasteiger partial charge in [-0.15, -0.1) is 0 Å². The van der Waals surface area contributed by atoms with Crippen LogP contribution < -0.4 is 19.3 Å². The number of anilines is 2. The van der Waals surface area contributed by atoms with E-state index in [0.717, 1.165) is 24.5 Å². The number of para-hydroxylation sites is 2. The Kier molecular flexibility index (Phi) is 10.1. The summed E-state index contributed by atoms with van der Waals surface area (Å²) in [6.07, 6.45) is -1.23. The number of benzene rings is 3. The SMILES string of the molecule is CCN(C[C@H](O)COc1ccc(OC[C@H](O)CN(CC)c2ccccc2)cc1)c1ccccc1. The van der Waals surface area contributed by atoms with Crippen molar-refractivity contribution >= 4 is 11.4 Å². The summed E-state index contributed by atoms with van der Waals surface area (Å²) in [5.74, 6) is 1.33. The van der Waals surface area contributed by atoms with E-state index in [-0.39, 0.29) is 13.2 Å². The van der Waals surface area contributed by atoms with Gasteiger partial charge in [0.1, 0.15) is 36.9 Å². The van der Waals surface area contributed by atoms with Crippen molar-refractivity contribution in [1.82, 2.24) is 0 Å². The monoisotopic (exact) mass is 464 g/mol. The fraction of sp³-hybridized carbons (Fsp3) is 0.357. The average molecular weight is 465 g/mol. The van der Waals surface area contributed by atoms with Crippen molar-refractivity contribution < 1.29 is 19.7 Å². The van der Waals surface area contributed by atoms with Crippen LogP contribution in [0.3, 0.4) is 0 Å². The van der Waals surface area contributed by atoms with Gasteiger partial charge in [-0.05, 0) is 62.4 Å². The van der Waals surface area contributed by atoms with Gasteiger partial charge < -0.3 is 29.5 Å². The van der Waals surface area contributed by atoms with E-state index in [1.165, 1.54) is 0 Å². The normalized spacial score (nSPS) is 12.6. The Morgan fingerprint density at radius 3 is 1.26 bits per heavy atom. The number of nitrogens with zero attached hydrogens (tertiary/aromatic N) is 2. The lowest BCUT2D eigenvalue weighted by molar-refractivity contribution is 0.110. The molecule has 0 aliphatic heterocycles. The smallest absolute Gasteiger partial charge is 0.119 e. The molecule has 0 amide bonds. The second-order valence-corrected chi connectivity index (χ2v) is 8.15. The maximum atomic E-state index is 10.4. The number of likely N-dealkylation sites (N-methyl/N-ethyl adjacent to an activating group) is 2. The molecule has 0 aromatic heterocycles. The molecular weight excluding hydrogens is 428 g/mol. The van der Waals surface area contributed by atoms with Crippen LogP contribution >= 0.6 is 0 Å². The molecule has 0 radical (unpaired) electrons. The van der Waals surface area contributed by atoms with Gasteiger partial charge in [0.2, 0.25) is 0 Å². The third kappa shape index (κ3) is 7.97. The Morgan fingerprint density at radius 1 is 0.588 bits per heavy atom. The molecule has 3 aromatic carbocycles. The third-order valence-corrected chi connectivity index (χ3v) is 5.58. The molecule has 3 rings (SSSR count). The lowest BCUT2D eigenvalue weighted by Gasteiger charge is -2.26. The van der Waals surface area contributed by atoms with E-state index in [2.05, 4.69) is 23.6 Å². The second kappa shape index (κ2) is 13.5. The number of ether oxygens (including phenoxy) is 2. The molecule has 0 heterocycles. The Labute approximate surface area is 203 Å². The van der Waals surface area contributed by atoms with Crippen LogP contribution in [-0.2, 0) is 0 Å². The minimum absolute atomic E-state index is 0.203. The van der Waals surface area contributed by atoms with Crippen LogP contribution in [-0.4, -0.2) is 61.8 Å². The highest BCUT2D eigenvalue weighted by Gasteiger charge is 2.13. The van der Waals surface area contributed by atoms with Gasteiger partial charge in [-0.1, -0.05) is 36.4 Å². The van der Waals surface area contributed by atoms with Crippen LogP contribution in [0.15, 0.2) is 84.9 Å². The first-order chi connectivity index (χ1) is 16.6. The highest BCUT2D eigenvalue weighted by molar-refractivity contribution is 5.46. The summed E-state index contributed by atoms with van der Waals surface area (Å²) in [4.78, 5) is 4.24. The highest BCUT2D eigenvalue weighted by Crippen LogP contribution is 2.19. The van der Waals surface area contributed by atoms with Crippen LogP contribution in [0.2, 0.25) is 0 Å². The van der Waals surface area contributed by atoms with Crippen molar-refractivity contribution in [2.45, 2.75) is 26.1 Å². The summed E-state index contributed by atoms with van der Waals surface area (Å²) in [6, 6.07) is 27.3. The van der Waals surface area contributed by atoms with Crippen LogP contribution in [0.5, 0.6) is 11.5 Å². The first kappa shape index (κ1) is 25.4. The molecule has 2 N–H and O–H groups in total. The van der Waals surface area contributed by atoms with E-state index in [4.69, 9.17) is 9.47 Å². The van der Waals surface area contributed by atoms with Gasteiger partial charge in [-0.25, -0.2) is 0 Å². The van der Waals surface area contributed by atoms with E-state index in [1.807, 2.05) is 84.9 Å². The van der Waals surface area contributed by atoms with Crippen molar-refractivity contribution in [3.05, 3.63) is 84.9 Å². The maximum absolute atomic E-state index is 10.4. The molecule has 0 aliphatic carbocycles. The van der Waals surface area contributed by atoms with Gasteiger partial charge in [-0.3, -0.25) is 0 Å². The van der Waals surface area contributed by atoms with Crippen molar-refractivity contribution in [3.63, 3.8) is 0 Å². The van der Waals surface area contributed by atoms with Crippen molar-refractivity contribution in [2.24, 2.45) is 0 Å². The quantitative estimate of drug-likeness (QED) is 0.372. The Balaban J connectivity index is 1.41. The number of hydrogen-bond donors (Lipinski definition) is 2. The summed E-state index contributed by atoms with van der Waals surface area (Å²) in [5, 5.41) is 20.8. The third-order valence-electron chi connectivity index (χ3n) is 5.58. The van der Waals surface area contributed by atoms with E-state index < -0.39 is 12.2 Å². The highest BCUT2D eigenvalue weighted by atomic mass is 16.5. The fourth-order valence-electron chi connectivity index (χ4n) is 3.74. The number of rotatable bonds is 14. The van der Waals surface area contributed by atoms with Crippen LogP contribution in [0.1, 0.15) is 13.8 Å². The molecule has 0 saturated heterocycles. The Morgan fingerprint density at radius 2 is 0.941 bits per heavy atom. The van der Waals surface area contributed by atoms with Gasteiger partial charge in [0.15, 0.2) is 0 Å². The summed E-state index contributed by atoms with van der Waals surface area (Å²) < 4.78 is 11.5. The van der Waals surface area contributed by atoms with Crippen molar-refractivity contribution in [3.8, 4) is 11.5 Å². The zero-order chi connectivity index (χ0) is 24.2. The number of hydrogen-bond acceptors (Lipinski definition) is 6. The first-order valence-electron chi connectivity index (χ1n) is 11.9. The van der Waals surface area contributed by atoms with E-state index in [1.54, 1.807) is 0 Å². The van der Waals surface area contributed by atoms with Gasteiger partial charge >= 0.3 is 0 Å². The largest absolute Gasteiger partial charge is 0.491 e. The first-order valence-corrected chi connectivity index (χ1v) is 11.9. The molecule has 2 atom stereocenters. The zero-order valence-electron chi connectivity index (χ0n) is 20.1. The molecule has 3 aromatic rings. The second-order valence-electron chi connectivity index (χ2n) is 8.15. The van der Waals surface area contributed by atoms with Crippen LogP contribution in [0.25, 0.3) is 0 Å². The summed E-state index contributed by atoms with van der Waals surface area (Å²) in [5.41, 5.74) is 2.16. The van der Waals surface area contributed by atoms with Gasteiger partial charge in [-0.2, -0.15) is 0 Å². The lowest BCUT2D eigenvalue weighted by Crippen LogP contribution is -2.35. The Bertz CT molecular complexity index is 859. The molecule has 0 unspecified atom stereocenters. The average Bonchev–Trinajstić information content (AvgIpc) is 2.89. The van der Waals surface area contributed by atoms with E-state index in [9.17, 15) is 10.2 Å². The molecule has 182 valence electrons. The molecular formula is C28H36N2O4. The summed E-state index contributed by atoms with van der Waals surface area (Å²) in [6.45, 7) is 7.15. The minimum Gasteiger partial charge on any atom is -0.491 e. The molecule has 0 saturated carbocycles. The molecule has 6 nitrogen and oxygen atoms in total. The lowest BCUT2D eigenvalue weighted by atomic mass is 10.2. The zero-order valence-corrected chi connectivity index (χ0v) is 20.1. The topological polar surface area (TPSA) is 65.4 Å². The molecule has 6 heteroatoms. The fourth-order valence-corrected chi connectivity index (χ4v) is 3.74. The maximum Gasteiger partial charge on any atom is 0.119 e. The molecule has 0 spiro atoms. The number of aliphatic hydroxyl groups excluding tert-OH is 2. The van der Waals surface area contributed by atoms with Gasteiger partial charge in [0.25, 0.3) is 0 Å². The minimum atomic E-state index is -0.614. The van der Waals surface area contributed by atoms with Gasteiger partial charge in [0.05, 0.1) is 0 Å². The number of aliphatic hydroxyl groups is 2. The Hall–Kier alpha value is -3.22. The summed E-state index contributed by atoms with van der Waals surface area (Å²) >= 11 is 0.